The fourth-order valence-corrected chi connectivity index (χ4v) is 2.81. The minimum atomic E-state index is -0.297. The van der Waals surface area contributed by atoms with E-state index in [2.05, 4.69) is 12.2 Å². The molecule has 1 saturated carbocycles. The summed E-state index contributed by atoms with van der Waals surface area (Å²) in [6.07, 6.45) is 3.28. The molecule has 0 radical (unpaired) electrons. The third kappa shape index (κ3) is 1.93. The van der Waals surface area contributed by atoms with Crippen LogP contribution in [0.15, 0.2) is 0 Å². The molecule has 2 rings (SSSR count). The Labute approximate surface area is 96.4 Å². The van der Waals surface area contributed by atoms with E-state index in [1.165, 1.54) is 0 Å². The molecule has 3 unspecified atom stereocenters. The van der Waals surface area contributed by atoms with E-state index in [0.717, 1.165) is 19.3 Å². The van der Waals surface area contributed by atoms with Crippen LogP contribution in [0.3, 0.4) is 0 Å². The molecule has 4 heteroatoms. The third-order valence-corrected chi connectivity index (χ3v) is 3.96. The minimum Gasteiger partial charge on any atom is -0.353 e. The summed E-state index contributed by atoms with van der Waals surface area (Å²) in [6, 6.07) is -0.297. The number of carbonyl (C=O) groups is 2. The van der Waals surface area contributed by atoms with Crippen molar-refractivity contribution in [3.63, 3.8) is 0 Å². The van der Waals surface area contributed by atoms with Crippen molar-refractivity contribution in [3.05, 3.63) is 0 Å². The molecule has 90 valence electrons. The second-order valence-corrected chi connectivity index (χ2v) is 5.01. The number of hydrogen-bond donors (Lipinski definition) is 1. The molecule has 0 aromatic rings. The number of hydrogen-bond acceptors (Lipinski definition) is 2. The summed E-state index contributed by atoms with van der Waals surface area (Å²) in [4.78, 5) is 25.6. The Bertz CT molecular complexity index is 303. The van der Waals surface area contributed by atoms with Crippen molar-refractivity contribution >= 4 is 11.8 Å². The summed E-state index contributed by atoms with van der Waals surface area (Å²) in [7, 11) is 0. The van der Waals surface area contributed by atoms with Gasteiger partial charge in [-0.05, 0) is 25.7 Å². The molecule has 0 bridgehead atoms. The highest BCUT2D eigenvalue weighted by atomic mass is 16.2. The number of nitrogens with zero attached hydrogens (tertiary/aromatic N) is 1. The van der Waals surface area contributed by atoms with Crippen molar-refractivity contribution in [3.8, 4) is 0 Å². The Balaban J connectivity index is 2.05. The Morgan fingerprint density at radius 1 is 1.38 bits per heavy atom. The second kappa shape index (κ2) is 4.44. The van der Waals surface area contributed by atoms with E-state index in [1.54, 1.807) is 4.90 Å². The molecule has 1 saturated heterocycles. The van der Waals surface area contributed by atoms with Gasteiger partial charge in [0.25, 0.3) is 0 Å². The normalized spacial score (nSPS) is 35.0. The van der Waals surface area contributed by atoms with Crippen LogP contribution in [0.1, 0.15) is 33.1 Å². The van der Waals surface area contributed by atoms with Gasteiger partial charge in [0, 0.05) is 19.0 Å². The molecule has 2 aliphatic rings. The van der Waals surface area contributed by atoms with Gasteiger partial charge in [0.2, 0.25) is 11.8 Å². The first-order valence-electron chi connectivity index (χ1n) is 6.19. The van der Waals surface area contributed by atoms with Crippen molar-refractivity contribution in [2.45, 2.75) is 39.2 Å². The predicted molar refractivity (Wildman–Crippen MR) is 60.7 cm³/mol. The van der Waals surface area contributed by atoms with Crippen molar-refractivity contribution in [2.75, 3.05) is 13.1 Å². The summed E-state index contributed by atoms with van der Waals surface area (Å²) in [5.41, 5.74) is 0. The third-order valence-electron chi connectivity index (χ3n) is 3.96. The van der Waals surface area contributed by atoms with Gasteiger partial charge in [-0.1, -0.05) is 13.3 Å². The molecule has 4 nitrogen and oxygen atoms in total. The SMILES string of the molecule is CC1CCCC1C(=O)N1CCNC(=O)C1C. The number of nitrogens with one attached hydrogen (secondary N) is 1. The van der Waals surface area contributed by atoms with Gasteiger partial charge in [0.15, 0.2) is 0 Å². The first kappa shape index (κ1) is 11.4. The van der Waals surface area contributed by atoms with Crippen LogP contribution in [0.4, 0.5) is 0 Å². The van der Waals surface area contributed by atoms with Crippen LogP contribution < -0.4 is 5.32 Å². The van der Waals surface area contributed by atoms with Crippen LogP contribution in [0.2, 0.25) is 0 Å². The van der Waals surface area contributed by atoms with Crippen LogP contribution in [-0.2, 0) is 9.59 Å². The highest BCUT2D eigenvalue weighted by molar-refractivity contribution is 5.89. The van der Waals surface area contributed by atoms with Gasteiger partial charge in [-0.25, -0.2) is 0 Å². The van der Waals surface area contributed by atoms with E-state index in [1.807, 2.05) is 6.92 Å². The predicted octanol–water partition coefficient (Wildman–Crippen LogP) is 0.769. The van der Waals surface area contributed by atoms with Crippen molar-refractivity contribution < 1.29 is 9.59 Å². The van der Waals surface area contributed by atoms with E-state index in [0.29, 0.717) is 19.0 Å². The average molecular weight is 224 g/mol. The Morgan fingerprint density at radius 3 is 2.75 bits per heavy atom. The van der Waals surface area contributed by atoms with Gasteiger partial charge < -0.3 is 10.2 Å². The summed E-state index contributed by atoms with van der Waals surface area (Å²) in [5.74, 6) is 0.788. The van der Waals surface area contributed by atoms with Crippen LogP contribution >= 0.6 is 0 Å². The molecule has 1 aliphatic heterocycles. The average Bonchev–Trinajstić information content (AvgIpc) is 2.68. The maximum Gasteiger partial charge on any atom is 0.242 e. The zero-order chi connectivity index (χ0) is 11.7. The van der Waals surface area contributed by atoms with Gasteiger partial charge in [-0.15, -0.1) is 0 Å². The molecule has 0 aromatic heterocycles. The molecular formula is C12H20N2O2. The fourth-order valence-electron chi connectivity index (χ4n) is 2.81. The van der Waals surface area contributed by atoms with E-state index in [4.69, 9.17) is 0 Å². The van der Waals surface area contributed by atoms with Crippen LogP contribution in [0, 0.1) is 11.8 Å². The lowest BCUT2D eigenvalue weighted by atomic mass is 9.95. The number of rotatable bonds is 1. The Hall–Kier alpha value is -1.06. The molecule has 2 fully saturated rings. The van der Waals surface area contributed by atoms with Crippen molar-refractivity contribution in [2.24, 2.45) is 11.8 Å². The first-order valence-corrected chi connectivity index (χ1v) is 6.19. The zero-order valence-corrected chi connectivity index (χ0v) is 10.0. The van der Waals surface area contributed by atoms with E-state index in [-0.39, 0.29) is 23.8 Å². The fraction of sp³-hybridized carbons (Fsp3) is 0.833. The number of piperazine rings is 1. The highest BCUT2D eigenvalue weighted by Gasteiger charge is 2.37. The van der Waals surface area contributed by atoms with Gasteiger partial charge >= 0.3 is 0 Å². The molecule has 16 heavy (non-hydrogen) atoms. The highest BCUT2D eigenvalue weighted by Crippen LogP contribution is 2.33. The molecular weight excluding hydrogens is 204 g/mol. The molecule has 2 amide bonds. The van der Waals surface area contributed by atoms with Crippen molar-refractivity contribution in [1.29, 1.82) is 0 Å². The number of carbonyl (C=O) groups excluding carboxylic acids is 2. The largest absolute Gasteiger partial charge is 0.353 e. The van der Waals surface area contributed by atoms with Gasteiger partial charge in [-0.3, -0.25) is 9.59 Å². The van der Waals surface area contributed by atoms with Gasteiger partial charge in [0.05, 0.1) is 0 Å². The smallest absolute Gasteiger partial charge is 0.242 e. The maximum absolute atomic E-state index is 12.3. The summed E-state index contributed by atoms with van der Waals surface area (Å²) in [5, 5.41) is 2.79. The molecule has 0 aromatic carbocycles. The van der Waals surface area contributed by atoms with Crippen LogP contribution in [0.25, 0.3) is 0 Å². The second-order valence-electron chi connectivity index (χ2n) is 5.01. The monoisotopic (exact) mass is 224 g/mol. The lowest BCUT2D eigenvalue weighted by Crippen LogP contribution is -2.57. The van der Waals surface area contributed by atoms with Gasteiger partial charge in [0.1, 0.15) is 6.04 Å². The molecule has 1 N–H and O–H groups in total. The lowest BCUT2D eigenvalue weighted by molar-refractivity contribution is -0.146. The maximum atomic E-state index is 12.3. The first-order chi connectivity index (χ1) is 7.61. The zero-order valence-electron chi connectivity index (χ0n) is 10.0. The quantitative estimate of drug-likeness (QED) is 0.715. The lowest BCUT2D eigenvalue weighted by Gasteiger charge is -2.35. The van der Waals surface area contributed by atoms with Gasteiger partial charge in [-0.2, -0.15) is 0 Å². The van der Waals surface area contributed by atoms with Crippen LogP contribution in [-0.4, -0.2) is 35.8 Å². The van der Waals surface area contributed by atoms with E-state index < -0.39 is 0 Å². The van der Waals surface area contributed by atoms with E-state index in [9.17, 15) is 9.59 Å². The summed E-state index contributed by atoms with van der Waals surface area (Å²) >= 11 is 0. The minimum absolute atomic E-state index is 0.0229. The molecule has 0 spiro atoms. The summed E-state index contributed by atoms with van der Waals surface area (Å²) < 4.78 is 0. The number of amides is 2. The van der Waals surface area contributed by atoms with Crippen molar-refractivity contribution in [1.82, 2.24) is 10.2 Å². The molecule has 1 heterocycles. The van der Waals surface area contributed by atoms with Crippen LogP contribution in [0.5, 0.6) is 0 Å². The Morgan fingerprint density at radius 2 is 2.12 bits per heavy atom. The molecule has 3 atom stereocenters. The summed E-state index contributed by atoms with van der Waals surface area (Å²) in [6.45, 7) is 5.21. The van der Waals surface area contributed by atoms with E-state index >= 15 is 0 Å². The Kier molecular flexibility index (Phi) is 3.17. The standard InChI is InChI=1S/C12H20N2O2/c1-8-4-3-5-10(8)12(16)14-7-6-13-11(15)9(14)2/h8-10H,3-7H2,1-2H3,(H,13,15). The topological polar surface area (TPSA) is 49.4 Å². The molecule has 1 aliphatic carbocycles.